The first-order chi connectivity index (χ1) is 37.1. The van der Waals surface area contributed by atoms with Gasteiger partial charge >= 0.3 is 5.97 Å². The Labute approximate surface area is 447 Å². The van der Waals surface area contributed by atoms with E-state index >= 15 is 9.59 Å². The van der Waals surface area contributed by atoms with E-state index in [9.17, 15) is 4.79 Å². The number of carbonyl (C=O) groups is 3. The molecule has 0 saturated heterocycles. The Morgan fingerprint density at radius 1 is 0.395 bits per heavy atom. The van der Waals surface area contributed by atoms with Gasteiger partial charge in [0.05, 0.1) is 22.5 Å². The number of anilines is 6. The van der Waals surface area contributed by atoms with E-state index < -0.39 is 17.5 Å². The normalized spacial score (nSPS) is 13.4. The van der Waals surface area contributed by atoms with Crippen LogP contribution in [0.5, 0.6) is 0 Å². The van der Waals surface area contributed by atoms with Gasteiger partial charge in [-0.1, -0.05) is 185 Å². The second-order valence-corrected chi connectivity index (χ2v) is 20.4. The average molecular weight is 1000 g/mol. The maximum Gasteiger partial charge on any atom is 0.326 e. The van der Waals surface area contributed by atoms with Crippen LogP contribution in [-0.4, -0.2) is 46.3 Å². The van der Waals surface area contributed by atoms with E-state index in [1.807, 2.05) is 135 Å². The van der Waals surface area contributed by atoms with Crippen LogP contribution < -0.4 is 9.80 Å². The number of rotatable bonds is 19. The van der Waals surface area contributed by atoms with E-state index in [0.717, 1.165) is 94.0 Å². The minimum Gasteiger partial charge on any atom is -0.459 e. The third-order valence-electron chi connectivity index (χ3n) is 13.9. The Hall–Kier alpha value is -8.75. The van der Waals surface area contributed by atoms with Gasteiger partial charge in [0.2, 0.25) is 0 Å². The van der Waals surface area contributed by atoms with Crippen molar-refractivity contribution in [2.24, 2.45) is 0 Å². The Kier molecular flexibility index (Phi) is 15.2. The van der Waals surface area contributed by atoms with Crippen molar-refractivity contribution < 1.29 is 19.1 Å². The average Bonchev–Trinajstić information content (AvgIpc) is 3.89. The highest BCUT2D eigenvalue weighted by Gasteiger charge is 2.49. The summed E-state index contributed by atoms with van der Waals surface area (Å²) in [5, 5.41) is 0. The monoisotopic (exact) mass is 1000 g/mol. The molecule has 0 spiro atoms. The van der Waals surface area contributed by atoms with Crippen molar-refractivity contribution in [1.29, 1.82) is 0 Å². The Morgan fingerprint density at radius 2 is 0.697 bits per heavy atom. The van der Waals surface area contributed by atoms with Gasteiger partial charge in [0.15, 0.2) is 0 Å². The second kappa shape index (κ2) is 22.8. The summed E-state index contributed by atoms with van der Waals surface area (Å²) in [4.78, 5) is 51.8. The minimum atomic E-state index is -0.779. The number of nitrogens with zero attached hydrogens (tertiary/aromatic N) is 4. The number of carbonyl (C=O) groups excluding carboxylic acids is 3. The smallest absolute Gasteiger partial charge is 0.326 e. The van der Waals surface area contributed by atoms with Gasteiger partial charge in [-0.15, -0.1) is 0 Å². The van der Waals surface area contributed by atoms with Gasteiger partial charge in [-0.05, 0) is 133 Å². The maximum absolute atomic E-state index is 15.2. The van der Waals surface area contributed by atoms with Crippen LogP contribution in [-0.2, 0) is 19.1 Å². The summed E-state index contributed by atoms with van der Waals surface area (Å²) in [6.07, 6.45) is 6.30. The predicted octanol–water partition coefficient (Wildman–Crippen LogP) is 16.5. The summed E-state index contributed by atoms with van der Waals surface area (Å²) in [6, 6.07) is 74.4. The number of fused-ring (bicyclic) bond motifs is 1. The van der Waals surface area contributed by atoms with Crippen molar-refractivity contribution in [3.05, 3.63) is 241 Å². The highest BCUT2D eigenvalue weighted by atomic mass is 16.6. The molecule has 76 heavy (non-hydrogen) atoms. The lowest BCUT2D eigenvalue weighted by atomic mass is 9.98. The Balaban J connectivity index is 1.000. The molecule has 0 unspecified atom stereocenters. The van der Waals surface area contributed by atoms with Crippen molar-refractivity contribution in [1.82, 2.24) is 9.80 Å². The fourth-order valence-corrected chi connectivity index (χ4v) is 10.4. The first kappa shape index (κ1) is 50.8. The molecule has 0 atom stereocenters. The van der Waals surface area contributed by atoms with E-state index in [4.69, 9.17) is 4.74 Å². The van der Waals surface area contributed by atoms with Crippen LogP contribution in [0.25, 0.3) is 33.6 Å². The van der Waals surface area contributed by atoms with Crippen molar-refractivity contribution in [2.75, 3.05) is 22.9 Å². The van der Waals surface area contributed by atoms with Gasteiger partial charge in [0.1, 0.15) is 12.1 Å². The van der Waals surface area contributed by atoms with Crippen LogP contribution in [0.2, 0.25) is 0 Å². The molecular weight excluding hydrogens is 937 g/mol. The zero-order chi connectivity index (χ0) is 52.6. The molecule has 8 aromatic rings. The molecule has 2 amide bonds. The highest BCUT2D eigenvalue weighted by Crippen LogP contribution is 2.47. The van der Waals surface area contributed by atoms with Gasteiger partial charge in [0.25, 0.3) is 11.8 Å². The molecule has 0 N–H and O–H groups in total. The van der Waals surface area contributed by atoms with Crippen LogP contribution in [0, 0.1) is 0 Å². The SMILES string of the molecule is CCCCCCCCN1C(=O)C2=C(c3ccc(-c4ccc(N(c5ccccc5)c5ccccc5)cc4)cc3)N(CC(=O)OC(C)(C)C)C(=O)C2=C1c1ccc(-c2ccc(N(c3ccccc3)c3ccccc3)cc2)cc1. The van der Waals surface area contributed by atoms with Gasteiger partial charge in [0, 0.05) is 40.7 Å². The van der Waals surface area contributed by atoms with E-state index in [-0.39, 0.29) is 12.5 Å². The van der Waals surface area contributed by atoms with Crippen molar-refractivity contribution >= 4 is 63.3 Å². The molecule has 0 saturated carbocycles. The zero-order valence-corrected chi connectivity index (χ0v) is 43.9. The van der Waals surface area contributed by atoms with Crippen molar-refractivity contribution in [3.63, 3.8) is 0 Å². The molecule has 0 bridgehead atoms. The van der Waals surface area contributed by atoms with Crippen molar-refractivity contribution in [3.8, 4) is 22.3 Å². The topological polar surface area (TPSA) is 73.4 Å². The summed E-state index contributed by atoms with van der Waals surface area (Å²) in [7, 11) is 0. The molecule has 8 nitrogen and oxygen atoms in total. The van der Waals surface area contributed by atoms with Gasteiger partial charge in [-0.2, -0.15) is 0 Å². The van der Waals surface area contributed by atoms with Crippen molar-refractivity contribution in [2.45, 2.75) is 71.8 Å². The van der Waals surface area contributed by atoms with Gasteiger partial charge in [-0.3, -0.25) is 19.3 Å². The molecule has 0 fully saturated rings. The van der Waals surface area contributed by atoms with Crippen LogP contribution in [0.3, 0.4) is 0 Å². The predicted molar refractivity (Wildman–Crippen MR) is 310 cm³/mol. The quantitative estimate of drug-likeness (QED) is 0.0594. The molecule has 0 aromatic heterocycles. The number of esters is 1. The largest absolute Gasteiger partial charge is 0.459 e. The zero-order valence-electron chi connectivity index (χ0n) is 43.9. The third kappa shape index (κ3) is 11.0. The number of ether oxygens (including phenoxy) is 1. The number of hydrogen-bond acceptors (Lipinski definition) is 6. The minimum absolute atomic E-state index is 0.240. The lowest BCUT2D eigenvalue weighted by Gasteiger charge is -2.26. The van der Waals surface area contributed by atoms with Crippen LogP contribution in [0.4, 0.5) is 34.1 Å². The third-order valence-corrected chi connectivity index (χ3v) is 13.9. The molecule has 2 aliphatic rings. The number of amides is 2. The molecule has 8 heteroatoms. The molecule has 2 aliphatic heterocycles. The Morgan fingerprint density at radius 3 is 1.07 bits per heavy atom. The summed E-state index contributed by atoms with van der Waals surface area (Å²) < 4.78 is 5.81. The van der Waals surface area contributed by atoms with Gasteiger partial charge in [-0.25, -0.2) is 0 Å². The van der Waals surface area contributed by atoms with E-state index in [1.165, 1.54) is 11.3 Å². The van der Waals surface area contributed by atoms with Gasteiger partial charge < -0.3 is 19.4 Å². The molecule has 0 aliphatic carbocycles. The molecule has 0 radical (unpaired) electrons. The summed E-state index contributed by atoms with van der Waals surface area (Å²) in [5.74, 6) is -1.19. The Bertz CT molecular complexity index is 3270. The summed E-state index contributed by atoms with van der Waals surface area (Å²) in [6.45, 7) is 7.75. The first-order valence-electron chi connectivity index (χ1n) is 26.6. The van der Waals surface area contributed by atoms with Crippen LogP contribution in [0.15, 0.2) is 230 Å². The van der Waals surface area contributed by atoms with Crippen LogP contribution >= 0.6 is 0 Å². The molecule has 10 rings (SSSR count). The van der Waals surface area contributed by atoms with E-state index in [0.29, 0.717) is 34.6 Å². The fraction of sp³-hybridized carbons (Fsp3) is 0.191. The summed E-state index contributed by atoms with van der Waals surface area (Å²) in [5.41, 5.74) is 12.5. The molecule has 380 valence electrons. The number of para-hydroxylation sites is 4. The highest BCUT2D eigenvalue weighted by molar-refractivity contribution is 6.30. The maximum atomic E-state index is 15.2. The molecular formula is C68H64N4O4. The number of unbranched alkanes of at least 4 members (excludes halogenated alkanes) is 5. The second-order valence-electron chi connectivity index (χ2n) is 20.4. The van der Waals surface area contributed by atoms with E-state index in [2.05, 4.69) is 126 Å². The number of benzene rings is 8. The first-order valence-corrected chi connectivity index (χ1v) is 26.6. The molecule has 2 heterocycles. The molecule has 8 aromatic carbocycles. The standard InChI is InChI=1S/C68H64N4O4/c1-5-6-7-8-9-22-47-69-64(53-35-31-49(32-36-53)51-39-43-59(44-40-51)71(55-23-14-10-15-24-55)56-25-16-11-17-26-56)62-63(66(69)74)65(70(67(62)75)48-61(73)76-68(2,3)4)54-37-33-50(34-38-54)52-41-45-60(46-42-52)72(57-27-18-12-19-28-57)58-29-20-13-21-30-58/h10-21,23-46H,5-9,22,47-48H2,1-4H3. The lowest BCUT2D eigenvalue weighted by molar-refractivity contribution is -0.156. The lowest BCUT2D eigenvalue weighted by Crippen LogP contribution is -2.36. The summed E-state index contributed by atoms with van der Waals surface area (Å²) >= 11 is 0. The van der Waals surface area contributed by atoms with E-state index in [1.54, 1.807) is 0 Å². The number of hydrogen-bond donors (Lipinski definition) is 0. The van der Waals surface area contributed by atoms with Crippen LogP contribution in [0.1, 0.15) is 77.3 Å². The fourth-order valence-electron chi connectivity index (χ4n) is 10.4.